The fourth-order valence-electron chi connectivity index (χ4n) is 3.11. The molecule has 1 unspecified atom stereocenters. The van der Waals surface area contributed by atoms with Gasteiger partial charge in [-0.2, -0.15) is 5.10 Å². The van der Waals surface area contributed by atoms with Crippen molar-refractivity contribution in [1.82, 2.24) is 20.4 Å². The van der Waals surface area contributed by atoms with E-state index in [0.717, 1.165) is 31.6 Å². The van der Waals surface area contributed by atoms with Crippen LogP contribution < -0.4 is 10.6 Å². The Bertz CT molecular complexity index is 885. The summed E-state index contributed by atoms with van der Waals surface area (Å²) in [7, 11) is 0. The fraction of sp³-hybridized carbons (Fsp3) is 0.263. The minimum absolute atomic E-state index is 0. The summed E-state index contributed by atoms with van der Waals surface area (Å²) in [6.07, 6.45) is 3.63. The predicted molar refractivity (Wildman–Crippen MR) is 107 cm³/mol. The van der Waals surface area contributed by atoms with Crippen LogP contribution in [-0.2, 0) is 0 Å². The predicted octanol–water partition coefficient (Wildman–Crippen LogP) is 3.69. The Morgan fingerprint density at radius 2 is 2.11 bits per heavy atom. The summed E-state index contributed by atoms with van der Waals surface area (Å²) in [6, 6.07) is 12.8. The Hall–Kier alpha value is -2.28. The minimum atomic E-state index is -0.181. The third-order valence-corrected chi connectivity index (χ3v) is 4.67. The first kappa shape index (κ1) is 19.5. The number of halogens is 2. The molecule has 142 valence electrons. The molecule has 0 radical (unpaired) electrons. The molecular weight excluding hydrogens is 387 g/mol. The average Bonchev–Trinajstić information content (AvgIpc) is 3.33. The van der Waals surface area contributed by atoms with Crippen LogP contribution in [0.4, 0.5) is 0 Å². The van der Waals surface area contributed by atoms with Crippen molar-refractivity contribution in [1.29, 1.82) is 0 Å². The number of hydrogen-bond donors (Lipinski definition) is 2. The van der Waals surface area contributed by atoms with Crippen molar-refractivity contribution in [2.45, 2.75) is 18.9 Å². The topological polar surface area (TPSA) is 72.1 Å². The normalized spacial score (nSPS) is 16.6. The highest BCUT2D eigenvalue weighted by molar-refractivity contribution is 6.30. The number of furan rings is 1. The molecule has 4 rings (SSSR count). The molecule has 3 heterocycles. The van der Waals surface area contributed by atoms with Crippen molar-refractivity contribution < 1.29 is 9.21 Å². The number of aromatic nitrogens is 2. The second kappa shape index (κ2) is 8.61. The molecule has 6 nitrogen and oxygen atoms in total. The first-order chi connectivity index (χ1) is 12.7. The number of carbonyl (C=O) groups excluding carboxylic acids is 1. The summed E-state index contributed by atoms with van der Waals surface area (Å²) in [5.41, 5.74) is 1.88. The molecule has 1 fully saturated rings. The van der Waals surface area contributed by atoms with Gasteiger partial charge in [-0.1, -0.05) is 11.6 Å². The van der Waals surface area contributed by atoms with E-state index >= 15 is 0 Å². The second-order valence-electron chi connectivity index (χ2n) is 6.30. The van der Waals surface area contributed by atoms with Crippen LogP contribution in [0.25, 0.3) is 17.1 Å². The van der Waals surface area contributed by atoms with Crippen LogP contribution in [0.5, 0.6) is 0 Å². The SMILES string of the molecule is Cl.O=C(NC1CCCNC1)c1cc(-c2ccco2)n(-c2ccc(Cl)cc2)n1. The van der Waals surface area contributed by atoms with Crippen LogP contribution in [-0.4, -0.2) is 34.8 Å². The molecule has 2 N–H and O–H groups in total. The standard InChI is InChI=1S/C19H19ClN4O2.ClH/c20-13-5-7-15(8-6-13)24-17(18-4-2-10-26-18)11-16(23-24)19(25)22-14-3-1-9-21-12-14;/h2,4-8,10-11,14,21H,1,3,9,12H2,(H,22,25);1H. The second-order valence-corrected chi connectivity index (χ2v) is 6.73. The molecule has 3 aromatic rings. The lowest BCUT2D eigenvalue weighted by Crippen LogP contribution is -2.45. The largest absolute Gasteiger partial charge is 0.463 e. The number of amides is 1. The Morgan fingerprint density at radius 1 is 1.30 bits per heavy atom. The maximum absolute atomic E-state index is 12.7. The zero-order chi connectivity index (χ0) is 17.9. The maximum Gasteiger partial charge on any atom is 0.272 e. The van der Waals surface area contributed by atoms with Gasteiger partial charge < -0.3 is 15.1 Å². The molecular formula is C19H20Cl2N4O2. The van der Waals surface area contributed by atoms with Gasteiger partial charge >= 0.3 is 0 Å². The molecule has 1 aromatic carbocycles. The van der Waals surface area contributed by atoms with Gasteiger partial charge in [-0.05, 0) is 55.8 Å². The van der Waals surface area contributed by atoms with Crippen LogP contribution in [0, 0.1) is 0 Å². The van der Waals surface area contributed by atoms with Gasteiger partial charge in [0.05, 0.1) is 12.0 Å². The van der Waals surface area contributed by atoms with Gasteiger partial charge in [0.25, 0.3) is 5.91 Å². The summed E-state index contributed by atoms with van der Waals surface area (Å²) in [5, 5.41) is 11.5. The van der Waals surface area contributed by atoms with Gasteiger partial charge in [0.2, 0.25) is 0 Å². The van der Waals surface area contributed by atoms with Crippen molar-refractivity contribution in [2.24, 2.45) is 0 Å². The number of piperidine rings is 1. The lowest BCUT2D eigenvalue weighted by molar-refractivity contribution is 0.0925. The Kier molecular flexibility index (Phi) is 6.21. The molecule has 0 saturated carbocycles. The highest BCUT2D eigenvalue weighted by Gasteiger charge is 2.21. The van der Waals surface area contributed by atoms with E-state index in [9.17, 15) is 4.79 Å². The fourth-order valence-corrected chi connectivity index (χ4v) is 3.23. The van der Waals surface area contributed by atoms with E-state index < -0.39 is 0 Å². The van der Waals surface area contributed by atoms with Crippen molar-refractivity contribution in [2.75, 3.05) is 13.1 Å². The first-order valence-electron chi connectivity index (χ1n) is 8.62. The average molecular weight is 407 g/mol. The van der Waals surface area contributed by atoms with Crippen LogP contribution in [0.15, 0.2) is 53.1 Å². The summed E-state index contributed by atoms with van der Waals surface area (Å²) in [5.74, 6) is 0.463. The van der Waals surface area contributed by atoms with E-state index in [0.29, 0.717) is 22.2 Å². The highest BCUT2D eigenvalue weighted by atomic mass is 35.5. The van der Waals surface area contributed by atoms with E-state index in [2.05, 4.69) is 15.7 Å². The lowest BCUT2D eigenvalue weighted by Gasteiger charge is -2.23. The summed E-state index contributed by atoms with van der Waals surface area (Å²) in [4.78, 5) is 12.7. The zero-order valence-electron chi connectivity index (χ0n) is 14.5. The Balaban J connectivity index is 0.00000210. The highest BCUT2D eigenvalue weighted by Crippen LogP contribution is 2.25. The van der Waals surface area contributed by atoms with E-state index in [1.807, 2.05) is 24.3 Å². The van der Waals surface area contributed by atoms with Crippen molar-refractivity contribution in [3.05, 3.63) is 59.4 Å². The molecule has 0 spiro atoms. The minimum Gasteiger partial charge on any atom is -0.463 e. The molecule has 0 aliphatic carbocycles. The maximum atomic E-state index is 12.7. The molecule has 0 bridgehead atoms. The summed E-state index contributed by atoms with van der Waals surface area (Å²) >= 11 is 5.98. The molecule has 1 atom stereocenters. The molecule has 27 heavy (non-hydrogen) atoms. The van der Waals surface area contributed by atoms with Gasteiger partial charge in [0.15, 0.2) is 11.5 Å². The monoisotopic (exact) mass is 406 g/mol. The Morgan fingerprint density at radius 3 is 2.78 bits per heavy atom. The van der Waals surface area contributed by atoms with E-state index in [1.165, 1.54) is 0 Å². The number of benzene rings is 1. The zero-order valence-corrected chi connectivity index (χ0v) is 16.1. The quantitative estimate of drug-likeness (QED) is 0.692. The van der Waals surface area contributed by atoms with Crippen LogP contribution in [0.3, 0.4) is 0 Å². The number of carbonyl (C=O) groups is 1. The Labute approximate surface area is 168 Å². The van der Waals surface area contributed by atoms with Gasteiger partial charge in [0, 0.05) is 23.7 Å². The van der Waals surface area contributed by atoms with Gasteiger partial charge in [-0.3, -0.25) is 4.79 Å². The molecule has 1 saturated heterocycles. The summed E-state index contributed by atoms with van der Waals surface area (Å²) in [6.45, 7) is 1.79. The van der Waals surface area contributed by atoms with Crippen LogP contribution in [0.2, 0.25) is 5.02 Å². The first-order valence-corrected chi connectivity index (χ1v) is 9.00. The number of nitrogens with zero attached hydrogens (tertiary/aromatic N) is 2. The number of hydrogen-bond acceptors (Lipinski definition) is 4. The van der Waals surface area contributed by atoms with E-state index in [-0.39, 0.29) is 24.4 Å². The van der Waals surface area contributed by atoms with Crippen molar-refractivity contribution in [3.8, 4) is 17.1 Å². The molecule has 8 heteroatoms. The molecule has 2 aromatic heterocycles. The van der Waals surface area contributed by atoms with E-state index in [4.69, 9.17) is 16.0 Å². The van der Waals surface area contributed by atoms with Gasteiger partial charge in [-0.15, -0.1) is 12.4 Å². The third-order valence-electron chi connectivity index (χ3n) is 4.42. The van der Waals surface area contributed by atoms with Crippen molar-refractivity contribution >= 4 is 29.9 Å². The van der Waals surface area contributed by atoms with Crippen molar-refractivity contribution in [3.63, 3.8) is 0 Å². The van der Waals surface area contributed by atoms with Crippen LogP contribution >= 0.6 is 24.0 Å². The number of rotatable bonds is 4. The van der Waals surface area contributed by atoms with Gasteiger partial charge in [-0.25, -0.2) is 4.68 Å². The smallest absolute Gasteiger partial charge is 0.272 e. The molecule has 1 amide bonds. The van der Waals surface area contributed by atoms with Crippen LogP contribution in [0.1, 0.15) is 23.3 Å². The van der Waals surface area contributed by atoms with Gasteiger partial charge in [0.1, 0.15) is 5.69 Å². The molecule has 1 aliphatic heterocycles. The number of nitrogens with one attached hydrogen (secondary N) is 2. The lowest BCUT2D eigenvalue weighted by atomic mass is 10.1. The summed E-state index contributed by atoms with van der Waals surface area (Å²) < 4.78 is 7.22. The third kappa shape index (κ3) is 4.35. The molecule has 1 aliphatic rings. The van der Waals surface area contributed by atoms with E-state index in [1.54, 1.807) is 29.1 Å².